The molecule has 2 heterocycles. The van der Waals surface area contributed by atoms with Crippen LogP contribution in [-0.4, -0.2) is 22.3 Å². The van der Waals surface area contributed by atoms with Gasteiger partial charge in [-0.25, -0.2) is 4.98 Å². The normalized spacial score (nSPS) is 10.5. The summed E-state index contributed by atoms with van der Waals surface area (Å²) in [4.78, 5) is 19.5. The van der Waals surface area contributed by atoms with Gasteiger partial charge in [0.1, 0.15) is 10.3 Å². The third-order valence-corrected chi connectivity index (χ3v) is 4.63. The summed E-state index contributed by atoms with van der Waals surface area (Å²) in [6.45, 7) is 3.24. The van der Waals surface area contributed by atoms with Gasteiger partial charge in [-0.3, -0.25) is 4.79 Å². The first kappa shape index (κ1) is 14.7. The molecule has 0 unspecified atom stereocenters. The lowest BCUT2D eigenvalue weighted by atomic mass is 10.3. The standard InChI is InChI=1S/C13H12Br2N2OS/c1-2-17(8-9-6-7-12(15)19-9)13(18)10-4-3-5-11(14)16-10/h3-7H,2,8H2,1H3. The molecule has 0 radical (unpaired) electrons. The lowest BCUT2D eigenvalue weighted by Gasteiger charge is -2.19. The summed E-state index contributed by atoms with van der Waals surface area (Å²) in [6.07, 6.45) is 0. The molecule has 3 nitrogen and oxygen atoms in total. The molecule has 0 aromatic carbocycles. The topological polar surface area (TPSA) is 33.2 Å². The predicted octanol–water partition coefficient (Wildman–Crippen LogP) is 4.33. The highest BCUT2D eigenvalue weighted by atomic mass is 79.9. The van der Waals surface area contributed by atoms with Gasteiger partial charge in [0.15, 0.2) is 0 Å². The quantitative estimate of drug-likeness (QED) is 0.711. The maximum atomic E-state index is 12.4. The zero-order valence-corrected chi connectivity index (χ0v) is 14.3. The fraction of sp³-hybridized carbons (Fsp3) is 0.231. The van der Waals surface area contributed by atoms with Gasteiger partial charge in [0, 0.05) is 11.4 Å². The largest absolute Gasteiger partial charge is 0.332 e. The van der Waals surface area contributed by atoms with Crippen LogP contribution in [0.5, 0.6) is 0 Å². The van der Waals surface area contributed by atoms with Crippen LogP contribution in [-0.2, 0) is 6.54 Å². The van der Waals surface area contributed by atoms with Crippen LogP contribution in [0.2, 0.25) is 0 Å². The van der Waals surface area contributed by atoms with Gasteiger partial charge in [-0.15, -0.1) is 11.3 Å². The molecule has 2 aromatic rings. The van der Waals surface area contributed by atoms with Crippen LogP contribution < -0.4 is 0 Å². The molecular formula is C13H12Br2N2OS. The fourth-order valence-electron chi connectivity index (χ4n) is 1.64. The smallest absolute Gasteiger partial charge is 0.272 e. The SMILES string of the molecule is CCN(Cc1ccc(Br)s1)C(=O)c1cccc(Br)n1. The van der Waals surface area contributed by atoms with E-state index in [1.54, 1.807) is 22.3 Å². The first-order chi connectivity index (χ1) is 9.10. The molecule has 6 heteroatoms. The van der Waals surface area contributed by atoms with E-state index >= 15 is 0 Å². The average Bonchev–Trinajstić information content (AvgIpc) is 2.81. The minimum absolute atomic E-state index is 0.0478. The van der Waals surface area contributed by atoms with E-state index in [1.807, 2.05) is 31.2 Å². The van der Waals surface area contributed by atoms with Crippen molar-refractivity contribution in [1.82, 2.24) is 9.88 Å². The Morgan fingerprint density at radius 3 is 2.68 bits per heavy atom. The first-order valence-electron chi connectivity index (χ1n) is 5.76. The molecule has 0 saturated heterocycles. The van der Waals surface area contributed by atoms with E-state index in [0.717, 1.165) is 8.66 Å². The molecule has 0 fully saturated rings. The number of thiophene rings is 1. The Balaban J connectivity index is 2.15. The van der Waals surface area contributed by atoms with Crippen molar-refractivity contribution in [3.8, 4) is 0 Å². The van der Waals surface area contributed by atoms with E-state index < -0.39 is 0 Å². The van der Waals surface area contributed by atoms with Crippen molar-refractivity contribution in [1.29, 1.82) is 0 Å². The van der Waals surface area contributed by atoms with Gasteiger partial charge in [-0.1, -0.05) is 6.07 Å². The number of nitrogens with zero attached hydrogens (tertiary/aromatic N) is 2. The van der Waals surface area contributed by atoms with E-state index in [0.29, 0.717) is 23.4 Å². The van der Waals surface area contributed by atoms with Crippen LogP contribution in [0.1, 0.15) is 22.3 Å². The van der Waals surface area contributed by atoms with Crippen molar-refractivity contribution >= 4 is 49.1 Å². The third kappa shape index (κ3) is 3.87. The number of hydrogen-bond donors (Lipinski definition) is 0. The maximum absolute atomic E-state index is 12.4. The number of halogens is 2. The fourth-order valence-corrected chi connectivity index (χ4v) is 3.48. The van der Waals surface area contributed by atoms with Crippen molar-refractivity contribution < 1.29 is 4.79 Å². The van der Waals surface area contributed by atoms with E-state index in [1.165, 1.54) is 0 Å². The highest BCUT2D eigenvalue weighted by Gasteiger charge is 2.16. The summed E-state index contributed by atoms with van der Waals surface area (Å²) in [6, 6.07) is 9.39. The van der Waals surface area contributed by atoms with E-state index in [4.69, 9.17) is 0 Å². The Kier molecular flexibility index (Phi) is 5.13. The maximum Gasteiger partial charge on any atom is 0.272 e. The average molecular weight is 404 g/mol. The van der Waals surface area contributed by atoms with Crippen molar-refractivity contribution in [3.63, 3.8) is 0 Å². The summed E-state index contributed by atoms with van der Waals surface area (Å²) in [5.74, 6) is -0.0478. The van der Waals surface area contributed by atoms with Gasteiger partial charge in [-0.2, -0.15) is 0 Å². The zero-order valence-electron chi connectivity index (χ0n) is 10.3. The highest BCUT2D eigenvalue weighted by molar-refractivity contribution is 9.11. The minimum atomic E-state index is -0.0478. The molecule has 19 heavy (non-hydrogen) atoms. The summed E-state index contributed by atoms with van der Waals surface area (Å²) in [5.41, 5.74) is 0.465. The Morgan fingerprint density at radius 2 is 2.11 bits per heavy atom. The van der Waals surface area contributed by atoms with Crippen LogP contribution in [0.15, 0.2) is 38.7 Å². The van der Waals surface area contributed by atoms with Gasteiger partial charge < -0.3 is 4.90 Å². The van der Waals surface area contributed by atoms with Crippen molar-refractivity contribution in [3.05, 3.63) is 49.3 Å². The van der Waals surface area contributed by atoms with E-state index in [-0.39, 0.29) is 5.91 Å². The molecule has 0 N–H and O–H groups in total. The number of rotatable bonds is 4. The molecule has 1 amide bonds. The Hall–Kier alpha value is -0.720. The van der Waals surface area contributed by atoms with E-state index in [2.05, 4.69) is 36.8 Å². The van der Waals surface area contributed by atoms with Crippen LogP contribution in [0, 0.1) is 0 Å². The Bertz CT molecular complexity index is 586. The van der Waals surface area contributed by atoms with Crippen LogP contribution in [0.25, 0.3) is 0 Å². The van der Waals surface area contributed by atoms with Crippen LogP contribution >= 0.6 is 43.2 Å². The van der Waals surface area contributed by atoms with Gasteiger partial charge in [-0.05, 0) is 63.0 Å². The summed E-state index contributed by atoms with van der Waals surface area (Å²) in [5, 5.41) is 0. The molecule has 0 aliphatic heterocycles. The molecule has 0 aliphatic rings. The zero-order chi connectivity index (χ0) is 13.8. The number of carbonyl (C=O) groups is 1. The minimum Gasteiger partial charge on any atom is -0.332 e. The Labute approximate surface area is 132 Å². The predicted molar refractivity (Wildman–Crippen MR) is 84.4 cm³/mol. The number of hydrogen-bond acceptors (Lipinski definition) is 3. The molecule has 0 spiro atoms. The van der Waals surface area contributed by atoms with Crippen LogP contribution in [0.4, 0.5) is 0 Å². The molecule has 2 aromatic heterocycles. The molecular weight excluding hydrogens is 392 g/mol. The van der Waals surface area contributed by atoms with Crippen LogP contribution in [0.3, 0.4) is 0 Å². The third-order valence-electron chi connectivity index (χ3n) is 2.58. The monoisotopic (exact) mass is 402 g/mol. The molecule has 100 valence electrons. The number of pyridine rings is 1. The summed E-state index contributed by atoms with van der Waals surface area (Å²) < 4.78 is 1.75. The van der Waals surface area contributed by atoms with Crippen molar-refractivity contribution in [2.24, 2.45) is 0 Å². The molecule has 0 atom stereocenters. The van der Waals surface area contributed by atoms with Gasteiger partial charge in [0.2, 0.25) is 0 Å². The number of carbonyl (C=O) groups excluding carboxylic acids is 1. The molecule has 0 aliphatic carbocycles. The van der Waals surface area contributed by atoms with Crippen molar-refractivity contribution in [2.45, 2.75) is 13.5 Å². The first-order valence-corrected chi connectivity index (χ1v) is 8.16. The summed E-state index contributed by atoms with van der Waals surface area (Å²) >= 11 is 8.36. The lowest BCUT2D eigenvalue weighted by Crippen LogP contribution is -2.30. The molecule has 0 saturated carbocycles. The second-order valence-corrected chi connectivity index (χ2v) is 7.23. The molecule has 0 bridgehead atoms. The molecule has 2 rings (SSSR count). The summed E-state index contributed by atoms with van der Waals surface area (Å²) in [7, 11) is 0. The van der Waals surface area contributed by atoms with Crippen molar-refractivity contribution in [2.75, 3.05) is 6.54 Å². The lowest BCUT2D eigenvalue weighted by molar-refractivity contribution is 0.0748. The van der Waals surface area contributed by atoms with Gasteiger partial charge in [0.25, 0.3) is 5.91 Å². The number of amides is 1. The van der Waals surface area contributed by atoms with Gasteiger partial charge in [0.05, 0.1) is 10.3 Å². The highest BCUT2D eigenvalue weighted by Crippen LogP contribution is 2.23. The van der Waals surface area contributed by atoms with Gasteiger partial charge >= 0.3 is 0 Å². The number of aromatic nitrogens is 1. The van der Waals surface area contributed by atoms with E-state index in [9.17, 15) is 4.79 Å². The second-order valence-electron chi connectivity index (χ2n) is 3.87. The Morgan fingerprint density at radius 1 is 1.32 bits per heavy atom. The second kappa shape index (κ2) is 6.63.